The lowest BCUT2D eigenvalue weighted by Gasteiger charge is -2.09. The third kappa shape index (κ3) is 2.91. The van der Waals surface area contributed by atoms with Gasteiger partial charge in [-0.3, -0.25) is 0 Å². The SMILES string of the molecule is COc1ccc(F)cc1S(=O)(=O)NCCN. The van der Waals surface area contributed by atoms with Crippen molar-refractivity contribution in [1.82, 2.24) is 4.72 Å². The molecule has 16 heavy (non-hydrogen) atoms. The van der Waals surface area contributed by atoms with E-state index < -0.39 is 15.8 Å². The van der Waals surface area contributed by atoms with Gasteiger partial charge in [0.25, 0.3) is 0 Å². The average molecular weight is 248 g/mol. The fraction of sp³-hybridized carbons (Fsp3) is 0.333. The largest absolute Gasteiger partial charge is 0.495 e. The van der Waals surface area contributed by atoms with Gasteiger partial charge in [0.1, 0.15) is 16.5 Å². The quantitative estimate of drug-likeness (QED) is 0.772. The molecular formula is C9H13FN2O3S. The summed E-state index contributed by atoms with van der Waals surface area (Å²) >= 11 is 0. The minimum atomic E-state index is -3.78. The van der Waals surface area contributed by atoms with E-state index in [4.69, 9.17) is 10.5 Å². The Morgan fingerprint density at radius 3 is 2.75 bits per heavy atom. The van der Waals surface area contributed by atoms with E-state index in [1.54, 1.807) is 0 Å². The molecule has 0 amide bonds. The summed E-state index contributed by atoms with van der Waals surface area (Å²) in [5.74, 6) is -0.556. The van der Waals surface area contributed by atoms with Gasteiger partial charge < -0.3 is 10.5 Å². The molecule has 1 aromatic carbocycles. The molecule has 7 heteroatoms. The number of hydrogen-bond acceptors (Lipinski definition) is 4. The van der Waals surface area contributed by atoms with Gasteiger partial charge in [0.15, 0.2) is 0 Å². The minimum absolute atomic E-state index is 0.0853. The Morgan fingerprint density at radius 1 is 1.50 bits per heavy atom. The van der Waals surface area contributed by atoms with E-state index in [9.17, 15) is 12.8 Å². The van der Waals surface area contributed by atoms with Crippen LogP contribution in [0.25, 0.3) is 0 Å². The Balaban J connectivity index is 3.15. The second kappa shape index (κ2) is 5.24. The molecule has 0 spiro atoms. The zero-order valence-corrected chi connectivity index (χ0v) is 9.55. The fourth-order valence-electron chi connectivity index (χ4n) is 1.13. The Labute approximate surface area is 93.5 Å². The number of nitrogens with one attached hydrogen (secondary N) is 1. The van der Waals surface area contributed by atoms with Crippen LogP contribution in [0.1, 0.15) is 0 Å². The third-order valence-electron chi connectivity index (χ3n) is 1.85. The maximum Gasteiger partial charge on any atom is 0.244 e. The van der Waals surface area contributed by atoms with Crippen molar-refractivity contribution in [2.75, 3.05) is 20.2 Å². The highest BCUT2D eigenvalue weighted by Gasteiger charge is 2.19. The van der Waals surface area contributed by atoms with Crippen LogP contribution in [0, 0.1) is 5.82 Å². The normalized spacial score (nSPS) is 11.4. The summed E-state index contributed by atoms with van der Waals surface area (Å²) in [6.07, 6.45) is 0. The number of hydrogen-bond donors (Lipinski definition) is 2. The molecular weight excluding hydrogens is 235 g/mol. The molecule has 0 aromatic heterocycles. The number of benzene rings is 1. The molecule has 0 unspecified atom stereocenters. The van der Waals surface area contributed by atoms with Crippen LogP contribution in [0.15, 0.2) is 23.1 Å². The van der Waals surface area contributed by atoms with E-state index in [-0.39, 0.29) is 23.7 Å². The molecule has 3 N–H and O–H groups in total. The van der Waals surface area contributed by atoms with Gasteiger partial charge in [0.2, 0.25) is 10.0 Å². The maximum absolute atomic E-state index is 13.0. The molecule has 0 aliphatic carbocycles. The van der Waals surface area contributed by atoms with Crippen LogP contribution < -0.4 is 15.2 Å². The van der Waals surface area contributed by atoms with E-state index in [2.05, 4.69) is 4.72 Å². The summed E-state index contributed by atoms with van der Waals surface area (Å²) in [6.45, 7) is 0.249. The second-order valence-electron chi connectivity index (χ2n) is 2.98. The Kier molecular flexibility index (Phi) is 4.22. The van der Waals surface area contributed by atoms with Gasteiger partial charge in [-0.05, 0) is 18.2 Å². The molecule has 0 aliphatic rings. The lowest BCUT2D eigenvalue weighted by molar-refractivity contribution is 0.400. The molecule has 90 valence electrons. The van der Waals surface area contributed by atoms with Gasteiger partial charge in [-0.1, -0.05) is 0 Å². The summed E-state index contributed by atoms with van der Waals surface area (Å²) in [5.41, 5.74) is 5.18. The van der Waals surface area contributed by atoms with Gasteiger partial charge in [0, 0.05) is 13.1 Å². The highest BCUT2D eigenvalue weighted by Crippen LogP contribution is 2.23. The molecule has 1 rings (SSSR count). The molecule has 0 heterocycles. The molecule has 1 aromatic rings. The highest BCUT2D eigenvalue weighted by atomic mass is 32.2. The van der Waals surface area contributed by atoms with Crippen LogP contribution in [0.2, 0.25) is 0 Å². The number of sulfonamides is 1. The molecule has 0 atom stereocenters. The second-order valence-corrected chi connectivity index (χ2v) is 4.72. The van der Waals surface area contributed by atoms with Crippen LogP contribution in [0.5, 0.6) is 5.75 Å². The van der Waals surface area contributed by atoms with Crippen LogP contribution in [0.4, 0.5) is 4.39 Å². The topological polar surface area (TPSA) is 81.4 Å². The first-order valence-electron chi connectivity index (χ1n) is 4.54. The zero-order valence-electron chi connectivity index (χ0n) is 8.73. The molecule has 0 radical (unpaired) electrons. The average Bonchev–Trinajstić information content (AvgIpc) is 2.26. The van der Waals surface area contributed by atoms with Crippen molar-refractivity contribution in [1.29, 1.82) is 0 Å². The molecule has 5 nitrogen and oxygen atoms in total. The van der Waals surface area contributed by atoms with Crippen molar-refractivity contribution in [2.45, 2.75) is 4.90 Å². The Hall–Kier alpha value is -1.18. The number of rotatable bonds is 5. The molecule has 0 saturated heterocycles. The molecule has 0 fully saturated rings. The number of ether oxygens (including phenoxy) is 1. The van der Waals surface area contributed by atoms with E-state index in [1.165, 1.54) is 13.2 Å². The van der Waals surface area contributed by atoms with Crippen LogP contribution >= 0.6 is 0 Å². The van der Waals surface area contributed by atoms with Gasteiger partial charge in [-0.2, -0.15) is 0 Å². The number of methoxy groups -OCH3 is 1. The number of nitrogens with two attached hydrogens (primary N) is 1. The maximum atomic E-state index is 13.0. The van der Waals surface area contributed by atoms with E-state index >= 15 is 0 Å². The van der Waals surface area contributed by atoms with Gasteiger partial charge in [-0.15, -0.1) is 0 Å². The van der Waals surface area contributed by atoms with Crippen molar-refractivity contribution >= 4 is 10.0 Å². The predicted molar refractivity (Wildman–Crippen MR) is 57.2 cm³/mol. The van der Waals surface area contributed by atoms with E-state index in [0.717, 1.165) is 12.1 Å². The first-order valence-corrected chi connectivity index (χ1v) is 6.03. The summed E-state index contributed by atoms with van der Waals surface area (Å²) in [7, 11) is -2.47. The molecule has 0 aliphatic heterocycles. The lowest BCUT2D eigenvalue weighted by atomic mass is 10.3. The first kappa shape index (κ1) is 12.9. The van der Waals surface area contributed by atoms with Crippen molar-refractivity contribution in [3.05, 3.63) is 24.0 Å². The summed E-state index contributed by atoms with van der Waals surface area (Å²) in [5, 5.41) is 0. The highest BCUT2D eigenvalue weighted by molar-refractivity contribution is 7.89. The fourth-order valence-corrected chi connectivity index (χ4v) is 2.36. The summed E-state index contributed by atoms with van der Waals surface area (Å²) < 4.78 is 43.5. The van der Waals surface area contributed by atoms with Crippen LogP contribution in [-0.4, -0.2) is 28.6 Å². The van der Waals surface area contributed by atoms with Gasteiger partial charge >= 0.3 is 0 Å². The predicted octanol–water partition coefficient (Wildman–Crippen LogP) is 0.0713. The first-order chi connectivity index (χ1) is 7.51. The van der Waals surface area contributed by atoms with Gasteiger partial charge in [-0.25, -0.2) is 17.5 Å². The standard InChI is InChI=1S/C9H13FN2O3S/c1-15-8-3-2-7(10)6-9(8)16(13,14)12-5-4-11/h2-3,6,12H,4-5,11H2,1H3. The van der Waals surface area contributed by atoms with Crippen LogP contribution in [-0.2, 0) is 10.0 Å². The summed E-state index contributed by atoms with van der Waals surface area (Å²) in [4.78, 5) is -0.233. The van der Waals surface area contributed by atoms with Crippen molar-refractivity contribution in [3.8, 4) is 5.75 Å². The van der Waals surface area contributed by atoms with Gasteiger partial charge in [0.05, 0.1) is 7.11 Å². The zero-order chi connectivity index (χ0) is 12.2. The smallest absolute Gasteiger partial charge is 0.244 e. The Morgan fingerprint density at radius 2 is 2.19 bits per heavy atom. The van der Waals surface area contributed by atoms with Crippen molar-refractivity contribution in [3.63, 3.8) is 0 Å². The monoisotopic (exact) mass is 248 g/mol. The van der Waals surface area contributed by atoms with E-state index in [0.29, 0.717) is 0 Å². The number of halogens is 1. The lowest BCUT2D eigenvalue weighted by Crippen LogP contribution is -2.29. The third-order valence-corrected chi connectivity index (χ3v) is 3.33. The Bertz CT molecular complexity index is 462. The minimum Gasteiger partial charge on any atom is -0.495 e. The van der Waals surface area contributed by atoms with Crippen molar-refractivity contribution in [2.24, 2.45) is 5.73 Å². The summed E-state index contributed by atoms with van der Waals surface area (Å²) in [6, 6.07) is 3.28. The van der Waals surface area contributed by atoms with E-state index in [1.807, 2.05) is 0 Å². The van der Waals surface area contributed by atoms with Crippen molar-refractivity contribution < 1.29 is 17.5 Å². The van der Waals surface area contributed by atoms with Crippen LogP contribution in [0.3, 0.4) is 0 Å². The molecule has 0 bridgehead atoms. The molecule has 0 saturated carbocycles.